The first-order chi connectivity index (χ1) is 10.5. The minimum absolute atomic E-state index is 0.142. The molecule has 0 saturated carbocycles. The van der Waals surface area contributed by atoms with Crippen molar-refractivity contribution in [2.45, 2.75) is 5.92 Å². The molecule has 1 N–H and O–H groups in total. The summed E-state index contributed by atoms with van der Waals surface area (Å²) < 4.78 is 14.5. The quantitative estimate of drug-likeness (QED) is 0.585. The standard InChI is InChI=1S/C15H7BrCl2FN3/c16-7-3-8-10(6-22-15(8)21-5-7)9(4-20)13-11(17)1-2-12(19)14(13)18/h1-3,5-6,9H,(H,21,22). The van der Waals surface area contributed by atoms with E-state index < -0.39 is 11.7 Å². The Labute approximate surface area is 143 Å². The molecule has 0 bridgehead atoms. The Kier molecular flexibility index (Phi) is 4.09. The van der Waals surface area contributed by atoms with Crippen LogP contribution in [0.5, 0.6) is 0 Å². The number of nitrogens with one attached hydrogen (secondary N) is 1. The Morgan fingerprint density at radius 1 is 1.36 bits per heavy atom. The van der Waals surface area contributed by atoms with Crippen molar-refractivity contribution in [3.63, 3.8) is 0 Å². The van der Waals surface area contributed by atoms with Crippen molar-refractivity contribution in [1.82, 2.24) is 9.97 Å². The van der Waals surface area contributed by atoms with Crippen molar-refractivity contribution >= 4 is 50.2 Å². The van der Waals surface area contributed by atoms with Gasteiger partial charge in [0.25, 0.3) is 0 Å². The monoisotopic (exact) mass is 397 g/mol. The molecule has 1 aromatic carbocycles. The molecular formula is C15H7BrCl2FN3. The second kappa shape index (κ2) is 5.88. The molecule has 0 aliphatic heterocycles. The lowest BCUT2D eigenvalue weighted by molar-refractivity contribution is 0.626. The zero-order chi connectivity index (χ0) is 15.9. The zero-order valence-corrected chi connectivity index (χ0v) is 14.0. The second-order valence-corrected chi connectivity index (χ2v) is 6.31. The molecule has 0 saturated heterocycles. The molecule has 1 atom stereocenters. The van der Waals surface area contributed by atoms with Crippen LogP contribution in [0.25, 0.3) is 11.0 Å². The van der Waals surface area contributed by atoms with E-state index in [2.05, 4.69) is 32.0 Å². The lowest BCUT2D eigenvalue weighted by Crippen LogP contribution is -2.01. The van der Waals surface area contributed by atoms with Gasteiger partial charge in [-0.05, 0) is 34.1 Å². The van der Waals surface area contributed by atoms with E-state index in [4.69, 9.17) is 23.2 Å². The highest BCUT2D eigenvalue weighted by atomic mass is 79.9. The number of nitriles is 1. The maximum atomic E-state index is 13.7. The fraction of sp³-hybridized carbons (Fsp3) is 0.0667. The summed E-state index contributed by atoms with van der Waals surface area (Å²) in [6, 6.07) is 6.55. The Balaban J connectivity index is 2.26. The van der Waals surface area contributed by atoms with Gasteiger partial charge in [0.15, 0.2) is 0 Å². The summed E-state index contributed by atoms with van der Waals surface area (Å²) in [5.74, 6) is -1.42. The molecule has 3 aromatic rings. The van der Waals surface area contributed by atoms with Crippen LogP contribution in [-0.2, 0) is 0 Å². The molecule has 2 heterocycles. The van der Waals surface area contributed by atoms with Gasteiger partial charge in [-0.25, -0.2) is 9.37 Å². The smallest absolute Gasteiger partial charge is 0.142 e. The molecule has 0 amide bonds. The van der Waals surface area contributed by atoms with Gasteiger partial charge >= 0.3 is 0 Å². The third-order valence-electron chi connectivity index (χ3n) is 3.34. The maximum Gasteiger partial charge on any atom is 0.142 e. The lowest BCUT2D eigenvalue weighted by atomic mass is 9.92. The van der Waals surface area contributed by atoms with Crippen LogP contribution >= 0.6 is 39.1 Å². The Morgan fingerprint density at radius 3 is 2.86 bits per heavy atom. The van der Waals surface area contributed by atoms with Crippen LogP contribution in [0.4, 0.5) is 4.39 Å². The molecular weight excluding hydrogens is 392 g/mol. The van der Waals surface area contributed by atoms with E-state index in [0.717, 1.165) is 9.86 Å². The Morgan fingerprint density at radius 2 is 2.14 bits per heavy atom. The van der Waals surface area contributed by atoms with E-state index in [1.165, 1.54) is 12.1 Å². The SMILES string of the molecule is N#CC(c1c(Cl)ccc(F)c1Cl)c1c[nH]c2ncc(Br)cc12. The molecule has 0 aliphatic rings. The van der Waals surface area contributed by atoms with Gasteiger partial charge in [-0.15, -0.1) is 0 Å². The van der Waals surface area contributed by atoms with E-state index >= 15 is 0 Å². The number of aromatic amines is 1. The molecule has 3 nitrogen and oxygen atoms in total. The number of hydrogen-bond acceptors (Lipinski definition) is 2. The van der Waals surface area contributed by atoms with Gasteiger partial charge in [-0.2, -0.15) is 5.26 Å². The van der Waals surface area contributed by atoms with E-state index in [0.29, 0.717) is 11.2 Å². The van der Waals surface area contributed by atoms with E-state index in [1.807, 2.05) is 6.07 Å². The summed E-state index contributed by atoms with van der Waals surface area (Å²) in [5, 5.41) is 10.4. The second-order valence-electron chi connectivity index (χ2n) is 4.61. The number of fused-ring (bicyclic) bond motifs is 1. The zero-order valence-electron chi connectivity index (χ0n) is 10.9. The Bertz CT molecular complexity index is 917. The lowest BCUT2D eigenvalue weighted by Gasteiger charge is -2.13. The highest BCUT2D eigenvalue weighted by Crippen LogP contribution is 2.39. The average molecular weight is 399 g/mol. The fourth-order valence-corrected chi connectivity index (χ4v) is 3.25. The number of benzene rings is 1. The third kappa shape index (κ3) is 2.48. The van der Waals surface area contributed by atoms with Crippen molar-refractivity contribution in [1.29, 1.82) is 5.26 Å². The van der Waals surface area contributed by atoms with Crippen molar-refractivity contribution in [3.05, 3.63) is 62.1 Å². The third-order valence-corrected chi connectivity index (χ3v) is 4.49. The van der Waals surface area contributed by atoms with Crippen LogP contribution in [0.1, 0.15) is 17.0 Å². The predicted molar refractivity (Wildman–Crippen MR) is 87.7 cm³/mol. The van der Waals surface area contributed by atoms with Crippen LogP contribution in [-0.4, -0.2) is 9.97 Å². The van der Waals surface area contributed by atoms with E-state index in [9.17, 15) is 9.65 Å². The highest BCUT2D eigenvalue weighted by molar-refractivity contribution is 9.10. The van der Waals surface area contributed by atoms with Gasteiger partial charge in [0, 0.05) is 38.4 Å². The summed E-state index contributed by atoms with van der Waals surface area (Å²) in [6.07, 6.45) is 3.31. The predicted octanol–water partition coefficient (Wildman–Crippen LogP) is 5.43. The number of halogens is 4. The van der Waals surface area contributed by atoms with Crippen LogP contribution in [0, 0.1) is 17.1 Å². The van der Waals surface area contributed by atoms with Gasteiger partial charge in [-0.1, -0.05) is 23.2 Å². The largest absolute Gasteiger partial charge is 0.346 e. The van der Waals surface area contributed by atoms with Crippen molar-refractivity contribution in [2.75, 3.05) is 0 Å². The summed E-state index contributed by atoms with van der Waals surface area (Å²) in [6.45, 7) is 0. The summed E-state index contributed by atoms with van der Waals surface area (Å²) >= 11 is 15.5. The van der Waals surface area contributed by atoms with Gasteiger partial charge in [0.1, 0.15) is 17.4 Å². The molecule has 0 aliphatic carbocycles. The van der Waals surface area contributed by atoms with Crippen LogP contribution in [0.15, 0.2) is 35.1 Å². The molecule has 7 heteroatoms. The number of aromatic nitrogens is 2. The molecule has 0 spiro atoms. The van der Waals surface area contributed by atoms with E-state index in [-0.39, 0.29) is 15.6 Å². The fourth-order valence-electron chi connectivity index (χ4n) is 2.33. The minimum atomic E-state index is -0.805. The van der Waals surface area contributed by atoms with Gasteiger partial charge < -0.3 is 4.98 Å². The van der Waals surface area contributed by atoms with Gasteiger partial charge in [0.05, 0.1) is 11.1 Å². The van der Waals surface area contributed by atoms with Crippen molar-refractivity contribution in [3.8, 4) is 6.07 Å². The van der Waals surface area contributed by atoms with Crippen LogP contribution in [0.3, 0.4) is 0 Å². The van der Waals surface area contributed by atoms with E-state index in [1.54, 1.807) is 12.4 Å². The number of pyridine rings is 1. The summed E-state index contributed by atoms with van der Waals surface area (Å²) in [4.78, 5) is 7.21. The number of H-pyrrole nitrogens is 1. The highest BCUT2D eigenvalue weighted by Gasteiger charge is 2.25. The first-order valence-corrected chi connectivity index (χ1v) is 7.73. The summed E-state index contributed by atoms with van der Waals surface area (Å²) in [7, 11) is 0. The number of nitrogens with zero attached hydrogens (tertiary/aromatic N) is 2. The molecule has 22 heavy (non-hydrogen) atoms. The first kappa shape index (κ1) is 15.3. The normalized spacial score (nSPS) is 12.3. The van der Waals surface area contributed by atoms with Gasteiger partial charge in [0.2, 0.25) is 0 Å². The molecule has 1 unspecified atom stereocenters. The van der Waals surface area contributed by atoms with Crippen LogP contribution < -0.4 is 0 Å². The first-order valence-electron chi connectivity index (χ1n) is 6.18. The Hall–Kier alpha value is -1.61. The molecule has 2 aromatic heterocycles. The minimum Gasteiger partial charge on any atom is -0.346 e. The molecule has 0 fully saturated rings. The van der Waals surface area contributed by atoms with Crippen LogP contribution in [0.2, 0.25) is 10.0 Å². The molecule has 0 radical (unpaired) electrons. The van der Waals surface area contributed by atoms with Crippen molar-refractivity contribution in [2.24, 2.45) is 0 Å². The molecule has 3 rings (SSSR count). The summed E-state index contributed by atoms with van der Waals surface area (Å²) in [5.41, 5.74) is 1.52. The molecule has 110 valence electrons. The number of rotatable bonds is 2. The maximum absolute atomic E-state index is 13.7. The topological polar surface area (TPSA) is 52.5 Å². The number of hydrogen-bond donors (Lipinski definition) is 1. The van der Waals surface area contributed by atoms with Gasteiger partial charge in [-0.3, -0.25) is 0 Å². The van der Waals surface area contributed by atoms with Crippen molar-refractivity contribution < 1.29 is 4.39 Å². The average Bonchev–Trinajstić information content (AvgIpc) is 2.90.